The normalized spacial score (nSPS) is 19.1. The summed E-state index contributed by atoms with van der Waals surface area (Å²) in [5.41, 5.74) is 0.679. The summed E-state index contributed by atoms with van der Waals surface area (Å²) >= 11 is 0.749. The Morgan fingerprint density at radius 3 is 2.59 bits per heavy atom. The van der Waals surface area contributed by atoms with Gasteiger partial charge in [-0.15, -0.1) is 0 Å². The van der Waals surface area contributed by atoms with Gasteiger partial charge in [-0.25, -0.2) is 18.2 Å². The number of halogens is 1. The van der Waals surface area contributed by atoms with Crippen molar-refractivity contribution in [1.82, 2.24) is 15.2 Å². The Morgan fingerprint density at radius 1 is 1.24 bits per heavy atom. The predicted molar refractivity (Wildman–Crippen MR) is 128 cm³/mol. The first kappa shape index (κ1) is 24.6. The summed E-state index contributed by atoms with van der Waals surface area (Å²) in [4.78, 5) is 31.4. The number of thiazole rings is 1. The lowest BCUT2D eigenvalue weighted by molar-refractivity contribution is -0.118. The second-order valence-corrected chi connectivity index (χ2v) is 12.1. The number of urea groups is 1. The molecule has 184 valence electrons. The van der Waals surface area contributed by atoms with Crippen LogP contribution in [-0.4, -0.2) is 55.1 Å². The van der Waals surface area contributed by atoms with Crippen LogP contribution in [0.3, 0.4) is 0 Å². The number of hydrogen-bond donors (Lipinski definition) is 2. The lowest BCUT2D eigenvalue weighted by Gasteiger charge is -2.21. The number of aromatic nitrogens is 1. The van der Waals surface area contributed by atoms with Crippen LogP contribution < -0.4 is 10.6 Å². The highest BCUT2D eigenvalue weighted by atomic mass is 32.2. The fourth-order valence-electron chi connectivity index (χ4n) is 4.25. The molecule has 1 aliphatic heterocycles. The van der Waals surface area contributed by atoms with Gasteiger partial charge in [0.05, 0.1) is 22.3 Å². The van der Waals surface area contributed by atoms with Crippen LogP contribution in [-0.2, 0) is 14.6 Å². The number of amides is 3. The average molecular weight is 509 g/mol. The summed E-state index contributed by atoms with van der Waals surface area (Å²) in [6.45, 7) is 3.77. The maximum Gasteiger partial charge on any atom is 0.317 e. The Morgan fingerprint density at radius 2 is 1.97 bits per heavy atom. The number of rotatable bonds is 9. The number of nitrogens with one attached hydrogen (secondary N) is 2. The molecule has 1 saturated heterocycles. The molecule has 2 N–H and O–H groups in total. The van der Waals surface area contributed by atoms with E-state index >= 15 is 0 Å². The van der Waals surface area contributed by atoms with Crippen molar-refractivity contribution >= 4 is 38.2 Å². The lowest BCUT2D eigenvalue weighted by atomic mass is 9.87. The van der Waals surface area contributed by atoms with Crippen molar-refractivity contribution in [2.75, 3.05) is 25.0 Å². The summed E-state index contributed by atoms with van der Waals surface area (Å²) in [6.07, 6.45) is 4.52. The minimum atomic E-state index is -3.32. The summed E-state index contributed by atoms with van der Waals surface area (Å²) < 4.78 is 38.5. The molecule has 11 heteroatoms. The quantitative estimate of drug-likeness (QED) is 0.536. The summed E-state index contributed by atoms with van der Waals surface area (Å²) in [6, 6.07) is 6.39. The Bertz CT molecular complexity index is 1130. The van der Waals surface area contributed by atoms with Crippen LogP contribution in [0.1, 0.15) is 50.5 Å². The maximum absolute atomic E-state index is 13.4. The minimum absolute atomic E-state index is 0.0988. The van der Waals surface area contributed by atoms with E-state index in [1.165, 1.54) is 0 Å². The first-order valence-corrected chi connectivity index (χ1v) is 13.9. The fourth-order valence-corrected chi connectivity index (χ4v) is 6.45. The number of sulfone groups is 1. The van der Waals surface area contributed by atoms with Crippen LogP contribution in [0, 0.1) is 11.0 Å². The number of benzene rings is 1. The van der Waals surface area contributed by atoms with E-state index in [0.29, 0.717) is 44.5 Å². The van der Waals surface area contributed by atoms with Crippen LogP contribution in [0.5, 0.6) is 0 Å². The van der Waals surface area contributed by atoms with Gasteiger partial charge in [0, 0.05) is 19.6 Å². The number of hydrogen-bond acceptors (Lipinski definition) is 6. The van der Waals surface area contributed by atoms with Crippen LogP contribution in [0.4, 0.5) is 14.3 Å². The van der Waals surface area contributed by atoms with Crippen molar-refractivity contribution in [2.45, 2.75) is 55.1 Å². The smallest absolute Gasteiger partial charge is 0.317 e. The zero-order valence-electron chi connectivity index (χ0n) is 19.0. The van der Waals surface area contributed by atoms with Gasteiger partial charge in [0.1, 0.15) is 0 Å². The molecular formula is C23H29FN4O4S2. The number of anilines is 1. The van der Waals surface area contributed by atoms with Gasteiger partial charge in [-0.05, 0) is 55.7 Å². The second-order valence-electron chi connectivity index (χ2n) is 8.89. The van der Waals surface area contributed by atoms with Crippen molar-refractivity contribution < 1.29 is 22.4 Å². The van der Waals surface area contributed by atoms with Gasteiger partial charge in [-0.3, -0.25) is 4.79 Å². The van der Waals surface area contributed by atoms with Crippen LogP contribution in [0.2, 0.25) is 0 Å². The number of likely N-dealkylation sites (tertiary alicyclic amines) is 1. The van der Waals surface area contributed by atoms with Gasteiger partial charge in [0.25, 0.3) is 0 Å². The molecular weight excluding hydrogens is 479 g/mol. The van der Waals surface area contributed by atoms with Crippen LogP contribution >= 0.6 is 11.3 Å². The SMILES string of the molecule is CCCNC(=O)N1CC[C@H](C[C@@H](C(=O)Nc2ncc(F)s2)c2ccc(S(=O)(=O)C3CC3)cc2)C1. The zero-order chi connectivity index (χ0) is 24.3. The molecule has 34 heavy (non-hydrogen) atoms. The van der Waals surface area contributed by atoms with Crippen molar-refractivity contribution in [1.29, 1.82) is 0 Å². The third-order valence-electron chi connectivity index (χ3n) is 6.27. The van der Waals surface area contributed by atoms with E-state index in [-0.39, 0.29) is 33.1 Å². The Hall–Kier alpha value is -2.53. The first-order valence-electron chi connectivity index (χ1n) is 11.6. The molecule has 0 unspecified atom stereocenters. The molecule has 2 heterocycles. The highest BCUT2D eigenvalue weighted by Gasteiger charge is 2.37. The van der Waals surface area contributed by atoms with E-state index in [1.54, 1.807) is 29.2 Å². The average Bonchev–Trinajstić information content (AvgIpc) is 3.46. The van der Waals surface area contributed by atoms with Gasteiger partial charge in [0.15, 0.2) is 20.1 Å². The summed E-state index contributed by atoms with van der Waals surface area (Å²) in [7, 11) is -3.32. The van der Waals surface area contributed by atoms with E-state index in [9.17, 15) is 22.4 Å². The molecule has 2 atom stereocenters. The molecule has 3 amide bonds. The maximum atomic E-state index is 13.4. The van der Waals surface area contributed by atoms with Gasteiger partial charge in [0.2, 0.25) is 5.91 Å². The molecule has 2 aromatic rings. The monoisotopic (exact) mass is 508 g/mol. The van der Waals surface area contributed by atoms with Crippen LogP contribution in [0.25, 0.3) is 0 Å². The standard InChI is InChI=1S/C23H29FN4O4S2/c1-2-10-25-23(30)28-11-9-15(14-28)12-19(21(29)27-22-26-13-20(24)33-22)16-3-5-17(6-4-16)34(31,32)18-7-8-18/h3-6,13,15,18-19H,2,7-12,14H2,1H3,(H,25,30)(H,26,27,29)/t15-,19-/m1/s1. The van der Waals surface area contributed by atoms with E-state index < -0.39 is 20.9 Å². The Kier molecular flexibility index (Phi) is 7.51. The molecule has 1 aromatic heterocycles. The van der Waals surface area contributed by atoms with Crippen LogP contribution in [0.15, 0.2) is 35.4 Å². The molecule has 1 aromatic carbocycles. The molecule has 8 nitrogen and oxygen atoms in total. The molecule has 0 radical (unpaired) electrons. The first-order chi connectivity index (χ1) is 16.3. The fraction of sp³-hybridized carbons (Fsp3) is 0.522. The number of nitrogens with zero attached hydrogens (tertiary/aromatic N) is 2. The van der Waals surface area contributed by atoms with E-state index in [2.05, 4.69) is 15.6 Å². The Labute approximate surface area is 202 Å². The van der Waals surface area contributed by atoms with Crippen molar-refractivity contribution in [3.8, 4) is 0 Å². The molecule has 2 aliphatic rings. The molecule has 0 bridgehead atoms. The van der Waals surface area contributed by atoms with Crippen molar-refractivity contribution in [3.05, 3.63) is 41.2 Å². The van der Waals surface area contributed by atoms with E-state index in [0.717, 1.165) is 30.4 Å². The highest BCUT2D eigenvalue weighted by Crippen LogP contribution is 2.35. The van der Waals surface area contributed by atoms with Crippen molar-refractivity contribution in [2.24, 2.45) is 5.92 Å². The molecule has 1 saturated carbocycles. The number of carbonyl (C=O) groups is 2. The van der Waals surface area contributed by atoms with E-state index in [1.807, 2.05) is 6.92 Å². The lowest BCUT2D eigenvalue weighted by Crippen LogP contribution is -2.38. The number of carbonyl (C=O) groups excluding carboxylic acids is 2. The third-order valence-corrected chi connectivity index (χ3v) is 9.25. The third kappa shape index (κ3) is 5.75. The molecule has 4 rings (SSSR count). The topological polar surface area (TPSA) is 108 Å². The van der Waals surface area contributed by atoms with Gasteiger partial charge in [-0.1, -0.05) is 30.4 Å². The van der Waals surface area contributed by atoms with Gasteiger partial charge < -0.3 is 15.5 Å². The van der Waals surface area contributed by atoms with E-state index in [4.69, 9.17) is 0 Å². The Balaban J connectivity index is 1.50. The second kappa shape index (κ2) is 10.4. The van der Waals surface area contributed by atoms with Gasteiger partial charge in [-0.2, -0.15) is 4.39 Å². The van der Waals surface area contributed by atoms with Gasteiger partial charge >= 0.3 is 6.03 Å². The molecule has 1 aliphatic carbocycles. The summed E-state index contributed by atoms with van der Waals surface area (Å²) in [5, 5.41) is 4.94. The predicted octanol–water partition coefficient (Wildman–Crippen LogP) is 3.77. The molecule has 0 spiro atoms. The highest BCUT2D eigenvalue weighted by molar-refractivity contribution is 7.92. The zero-order valence-corrected chi connectivity index (χ0v) is 20.6. The summed E-state index contributed by atoms with van der Waals surface area (Å²) in [5.74, 6) is -0.819. The molecule has 2 fully saturated rings. The largest absolute Gasteiger partial charge is 0.338 e. The van der Waals surface area contributed by atoms with Crippen molar-refractivity contribution in [3.63, 3.8) is 0 Å². The minimum Gasteiger partial charge on any atom is -0.338 e.